The van der Waals surface area contributed by atoms with Gasteiger partial charge in [-0.15, -0.1) is 0 Å². The van der Waals surface area contributed by atoms with E-state index in [9.17, 15) is 0 Å². The zero-order chi connectivity index (χ0) is 13.7. The average Bonchev–Trinajstić information content (AvgIpc) is 2.44. The topological polar surface area (TPSA) is 57.9 Å². The van der Waals surface area contributed by atoms with Gasteiger partial charge in [0, 0.05) is 34.5 Å². The van der Waals surface area contributed by atoms with Crippen LogP contribution in [0.5, 0.6) is 5.75 Å². The molecule has 5 heteroatoms. The number of hydrogen-bond acceptors (Lipinski definition) is 4. The maximum Gasteiger partial charge on any atom is 0.145 e. The fourth-order valence-electron chi connectivity index (χ4n) is 1.66. The highest BCUT2D eigenvalue weighted by atomic mass is 79.9. The van der Waals surface area contributed by atoms with E-state index in [2.05, 4.69) is 32.3 Å². The van der Waals surface area contributed by atoms with Crippen molar-refractivity contribution in [1.29, 1.82) is 5.26 Å². The molecule has 0 aliphatic carbocycles. The van der Waals surface area contributed by atoms with Crippen molar-refractivity contribution in [1.82, 2.24) is 4.98 Å². The third-order valence-electron chi connectivity index (χ3n) is 2.59. The molecule has 0 fully saturated rings. The van der Waals surface area contributed by atoms with Crippen LogP contribution in [0, 0.1) is 11.3 Å². The number of hydrogen-bond donors (Lipinski definition) is 1. The molecule has 0 spiro atoms. The van der Waals surface area contributed by atoms with E-state index < -0.39 is 0 Å². The van der Waals surface area contributed by atoms with Gasteiger partial charge in [-0.2, -0.15) is 5.26 Å². The number of nitriles is 1. The third-order valence-corrected chi connectivity index (χ3v) is 3.04. The highest BCUT2D eigenvalue weighted by Gasteiger charge is 2.03. The van der Waals surface area contributed by atoms with Gasteiger partial charge in [0.25, 0.3) is 0 Å². The summed E-state index contributed by atoms with van der Waals surface area (Å²) in [5, 5.41) is 12.2. The second-order valence-electron chi connectivity index (χ2n) is 3.86. The van der Waals surface area contributed by atoms with Crippen molar-refractivity contribution >= 4 is 21.6 Å². The Morgan fingerprint density at radius 1 is 1.42 bits per heavy atom. The molecule has 0 saturated carbocycles. The summed E-state index contributed by atoms with van der Waals surface area (Å²) in [7, 11) is 1.63. The van der Waals surface area contributed by atoms with Crippen LogP contribution in [0.3, 0.4) is 0 Å². The molecular weight excluding hydrogens is 306 g/mol. The van der Waals surface area contributed by atoms with E-state index in [-0.39, 0.29) is 0 Å². The van der Waals surface area contributed by atoms with E-state index >= 15 is 0 Å². The molecule has 0 saturated heterocycles. The maximum atomic E-state index is 8.97. The highest BCUT2D eigenvalue weighted by molar-refractivity contribution is 9.10. The Hall–Kier alpha value is -2.06. The normalized spacial score (nSPS) is 9.74. The summed E-state index contributed by atoms with van der Waals surface area (Å²) >= 11 is 3.42. The summed E-state index contributed by atoms with van der Waals surface area (Å²) in [6.45, 7) is 0.538. The molecule has 0 unspecified atom stereocenters. The zero-order valence-electron chi connectivity index (χ0n) is 10.4. The maximum absolute atomic E-state index is 8.97. The molecule has 1 heterocycles. The largest absolute Gasteiger partial charge is 0.497 e. The first kappa shape index (κ1) is 13.4. The van der Waals surface area contributed by atoms with Crippen LogP contribution in [-0.2, 0) is 6.54 Å². The van der Waals surface area contributed by atoms with Gasteiger partial charge in [0.05, 0.1) is 7.11 Å². The van der Waals surface area contributed by atoms with Crippen LogP contribution < -0.4 is 10.1 Å². The number of pyridine rings is 1. The molecule has 2 rings (SSSR count). The van der Waals surface area contributed by atoms with E-state index in [0.717, 1.165) is 21.5 Å². The van der Waals surface area contributed by atoms with Crippen molar-refractivity contribution < 1.29 is 4.74 Å². The molecule has 19 heavy (non-hydrogen) atoms. The number of rotatable bonds is 4. The van der Waals surface area contributed by atoms with Gasteiger partial charge in [0.1, 0.15) is 17.5 Å². The van der Waals surface area contributed by atoms with Gasteiger partial charge in [-0.25, -0.2) is 4.98 Å². The molecular formula is C14H12BrN3O. The van der Waals surface area contributed by atoms with Crippen molar-refractivity contribution in [3.05, 3.63) is 52.3 Å². The summed E-state index contributed by atoms with van der Waals surface area (Å²) in [5.41, 5.74) is 2.22. The van der Waals surface area contributed by atoms with E-state index in [0.29, 0.717) is 12.2 Å². The van der Waals surface area contributed by atoms with Crippen molar-refractivity contribution in [2.45, 2.75) is 6.54 Å². The SMILES string of the molecule is COc1cc(Br)cc(NCc2cccnc2C#N)c1. The Bertz CT molecular complexity index is 622. The summed E-state index contributed by atoms with van der Waals surface area (Å²) < 4.78 is 6.13. The predicted molar refractivity (Wildman–Crippen MR) is 77.0 cm³/mol. The van der Waals surface area contributed by atoms with Crippen molar-refractivity contribution in [3.63, 3.8) is 0 Å². The minimum Gasteiger partial charge on any atom is -0.497 e. The predicted octanol–water partition coefficient (Wildman–Crippen LogP) is 3.34. The Morgan fingerprint density at radius 2 is 2.26 bits per heavy atom. The minimum absolute atomic E-state index is 0.442. The van der Waals surface area contributed by atoms with Crippen LogP contribution in [-0.4, -0.2) is 12.1 Å². The van der Waals surface area contributed by atoms with Crippen LogP contribution in [0.2, 0.25) is 0 Å². The number of nitrogens with zero attached hydrogens (tertiary/aromatic N) is 2. The van der Waals surface area contributed by atoms with Crippen LogP contribution in [0.25, 0.3) is 0 Å². The second kappa shape index (κ2) is 6.21. The molecule has 0 radical (unpaired) electrons. The van der Waals surface area contributed by atoms with Crippen LogP contribution in [0.4, 0.5) is 5.69 Å². The standard InChI is InChI=1S/C14H12BrN3O/c1-19-13-6-11(15)5-12(7-13)18-9-10-3-2-4-17-14(10)8-16/h2-7,18H,9H2,1H3. The van der Waals surface area contributed by atoms with Crippen molar-refractivity contribution in [2.75, 3.05) is 12.4 Å². The van der Waals surface area contributed by atoms with Crippen molar-refractivity contribution in [2.24, 2.45) is 0 Å². The third kappa shape index (κ3) is 3.46. The first-order valence-electron chi connectivity index (χ1n) is 5.65. The lowest BCUT2D eigenvalue weighted by Crippen LogP contribution is -2.03. The molecule has 0 amide bonds. The molecule has 2 aromatic rings. The molecule has 0 aliphatic rings. The summed E-state index contributed by atoms with van der Waals surface area (Å²) in [4.78, 5) is 4.03. The number of aromatic nitrogens is 1. The van der Waals surface area contributed by atoms with Gasteiger partial charge in [-0.1, -0.05) is 22.0 Å². The lowest BCUT2D eigenvalue weighted by Gasteiger charge is -2.09. The Balaban J connectivity index is 2.15. The number of benzene rings is 1. The van der Waals surface area contributed by atoms with Crippen LogP contribution in [0.1, 0.15) is 11.3 Å². The van der Waals surface area contributed by atoms with Crippen molar-refractivity contribution in [3.8, 4) is 11.8 Å². The molecule has 96 valence electrons. The number of ether oxygens (including phenoxy) is 1. The first-order chi connectivity index (χ1) is 9.22. The fraction of sp³-hybridized carbons (Fsp3) is 0.143. The number of halogens is 1. The summed E-state index contributed by atoms with van der Waals surface area (Å²) in [6, 6.07) is 11.5. The lowest BCUT2D eigenvalue weighted by molar-refractivity contribution is 0.414. The van der Waals surface area contributed by atoms with E-state index in [1.165, 1.54) is 0 Å². The fourth-order valence-corrected chi connectivity index (χ4v) is 2.13. The van der Waals surface area contributed by atoms with Gasteiger partial charge >= 0.3 is 0 Å². The Morgan fingerprint density at radius 3 is 3.00 bits per heavy atom. The summed E-state index contributed by atoms with van der Waals surface area (Å²) in [5.74, 6) is 0.767. The van der Waals surface area contributed by atoms with E-state index in [1.54, 1.807) is 13.3 Å². The molecule has 0 bridgehead atoms. The first-order valence-corrected chi connectivity index (χ1v) is 6.44. The molecule has 1 aromatic carbocycles. The smallest absolute Gasteiger partial charge is 0.145 e. The lowest BCUT2D eigenvalue weighted by atomic mass is 10.2. The Kier molecular flexibility index (Phi) is 4.37. The van der Waals surface area contributed by atoms with Gasteiger partial charge in [-0.05, 0) is 18.2 Å². The van der Waals surface area contributed by atoms with Gasteiger partial charge < -0.3 is 10.1 Å². The minimum atomic E-state index is 0.442. The van der Waals surface area contributed by atoms with Gasteiger partial charge in [0.15, 0.2) is 0 Å². The average molecular weight is 318 g/mol. The number of anilines is 1. The van der Waals surface area contributed by atoms with Crippen LogP contribution in [0.15, 0.2) is 41.0 Å². The molecule has 0 aliphatic heterocycles. The highest BCUT2D eigenvalue weighted by Crippen LogP contribution is 2.24. The molecule has 1 N–H and O–H groups in total. The van der Waals surface area contributed by atoms with E-state index in [1.807, 2.05) is 30.3 Å². The molecule has 1 aromatic heterocycles. The summed E-state index contributed by atoms with van der Waals surface area (Å²) in [6.07, 6.45) is 1.62. The second-order valence-corrected chi connectivity index (χ2v) is 4.77. The molecule has 0 atom stereocenters. The number of nitrogens with one attached hydrogen (secondary N) is 1. The Labute approximate surface area is 120 Å². The molecule has 4 nitrogen and oxygen atoms in total. The van der Waals surface area contributed by atoms with Gasteiger partial charge in [-0.3, -0.25) is 0 Å². The monoisotopic (exact) mass is 317 g/mol. The zero-order valence-corrected chi connectivity index (χ0v) is 11.9. The quantitative estimate of drug-likeness (QED) is 0.939. The van der Waals surface area contributed by atoms with Gasteiger partial charge in [0.2, 0.25) is 0 Å². The number of methoxy groups -OCH3 is 1. The van der Waals surface area contributed by atoms with Crippen LogP contribution >= 0.6 is 15.9 Å². The van der Waals surface area contributed by atoms with E-state index in [4.69, 9.17) is 10.00 Å².